The number of nitrogens with zero attached hydrogens (tertiary/aromatic N) is 1. The number of hydrogen-bond donors (Lipinski definition) is 2. The smallest absolute Gasteiger partial charge is 0.341 e. The summed E-state index contributed by atoms with van der Waals surface area (Å²) in [5.41, 5.74) is -1.56. The van der Waals surface area contributed by atoms with Crippen molar-refractivity contribution in [2.45, 2.75) is 134 Å². The Morgan fingerprint density at radius 3 is 2.16 bits per heavy atom. The zero-order valence-corrected chi connectivity index (χ0v) is 41.3. The summed E-state index contributed by atoms with van der Waals surface area (Å²) < 4.78 is 32.5. The lowest BCUT2D eigenvalue weighted by Crippen LogP contribution is -2.77. The number of carbonyl (C=O) groups is 3. The number of aromatic amines is 1. The maximum atomic E-state index is 14.9. The number of fused-ring (bicyclic) bond motifs is 4. The van der Waals surface area contributed by atoms with Gasteiger partial charge in [0.1, 0.15) is 23.9 Å². The van der Waals surface area contributed by atoms with Gasteiger partial charge in [0.15, 0.2) is 19.8 Å². The van der Waals surface area contributed by atoms with Crippen molar-refractivity contribution in [2.24, 2.45) is 0 Å². The molecule has 3 aromatic carbocycles. The Kier molecular flexibility index (Phi) is 12.3. The Bertz CT molecular complexity index is 2340. The summed E-state index contributed by atoms with van der Waals surface area (Å²) in [6.45, 7) is 24.8. The highest BCUT2D eigenvalue weighted by atomic mass is 28.4. The van der Waals surface area contributed by atoms with E-state index in [0.29, 0.717) is 48.6 Å². The van der Waals surface area contributed by atoms with E-state index in [1.807, 2.05) is 51.1 Å². The lowest BCUT2D eigenvalue weighted by atomic mass is 9.80. The zero-order valence-electron chi connectivity index (χ0n) is 39.3. The fourth-order valence-electron chi connectivity index (χ4n) is 9.48. The van der Waals surface area contributed by atoms with Gasteiger partial charge in [-0.1, -0.05) is 114 Å². The van der Waals surface area contributed by atoms with Gasteiger partial charge in [0.25, 0.3) is 14.2 Å². The predicted octanol–water partition coefficient (Wildman–Crippen LogP) is 7.97. The van der Waals surface area contributed by atoms with Crippen LogP contribution in [0.5, 0.6) is 11.5 Å². The van der Waals surface area contributed by atoms with E-state index in [1.54, 1.807) is 11.1 Å². The molecule has 1 aromatic heterocycles. The maximum Gasteiger partial charge on any atom is 0.341 e. The molecule has 1 unspecified atom stereocenters. The fraction of sp³-hybridized carbons (Fsp3) is 0.500. The van der Waals surface area contributed by atoms with Gasteiger partial charge in [-0.3, -0.25) is 9.59 Å². The van der Waals surface area contributed by atoms with Crippen molar-refractivity contribution < 1.29 is 37.4 Å². The highest BCUT2D eigenvalue weighted by Crippen LogP contribution is 2.46. The third-order valence-electron chi connectivity index (χ3n) is 14.2. The Hall–Kier alpha value is -4.70. The van der Waals surface area contributed by atoms with E-state index in [0.717, 1.165) is 11.0 Å². The largest absolute Gasteiger partial charge is 0.485 e. The van der Waals surface area contributed by atoms with Crippen LogP contribution in [-0.2, 0) is 34.4 Å². The second kappa shape index (κ2) is 16.7. The van der Waals surface area contributed by atoms with Crippen LogP contribution in [0.1, 0.15) is 87.1 Å². The van der Waals surface area contributed by atoms with Crippen molar-refractivity contribution >= 4 is 55.7 Å². The monoisotopic (exact) mass is 893 g/mol. The summed E-state index contributed by atoms with van der Waals surface area (Å²) in [4.78, 5) is 48.5. The number of ether oxygens (including phenoxy) is 3. The first-order chi connectivity index (χ1) is 29.5. The number of H-pyrrole nitrogens is 1. The maximum absolute atomic E-state index is 14.9. The molecular formula is C50H67N3O8Si2. The summed E-state index contributed by atoms with van der Waals surface area (Å²) in [7, 11) is -3.74. The number of rotatable bonds is 12. The molecule has 63 heavy (non-hydrogen) atoms. The van der Waals surface area contributed by atoms with Crippen LogP contribution in [-0.4, -0.2) is 94.0 Å². The molecule has 3 aliphatic rings. The van der Waals surface area contributed by atoms with Crippen LogP contribution in [0, 0.1) is 0 Å². The first-order valence-corrected chi connectivity index (χ1v) is 27.1. The Morgan fingerprint density at radius 1 is 0.937 bits per heavy atom. The van der Waals surface area contributed by atoms with Crippen LogP contribution in [0.4, 0.5) is 0 Å². The van der Waals surface area contributed by atoms with Crippen LogP contribution >= 0.6 is 0 Å². The first kappa shape index (κ1) is 46.3. The van der Waals surface area contributed by atoms with Crippen LogP contribution in [0.3, 0.4) is 0 Å². The average Bonchev–Trinajstić information content (AvgIpc) is 3.83. The van der Waals surface area contributed by atoms with Crippen molar-refractivity contribution in [1.29, 1.82) is 0 Å². The first-order valence-electron chi connectivity index (χ1n) is 22.3. The molecule has 0 bridgehead atoms. The predicted molar refractivity (Wildman–Crippen MR) is 253 cm³/mol. The molecule has 0 radical (unpaired) electrons. The topological polar surface area (TPSA) is 128 Å². The molecule has 2 N–H and O–H groups in total. The van der Waals surface area contributed by atoms with E-state index >= 15 is 0 Å². The summed E-state index contributed by atoms with van der Waals surface area (Å²) in [6.07, 6.45) is 4.71. The molecule has 0 aliphatic carbocycles. The Labute approximate surface area is 375 Å². The van der Waals surface area contributed by atoms with Gasteiger partial charge in [0, 0.05) is 24.5 Å². The Morgan fingerprint density at radius 2 is 1.57 bits per heavy atom. The molecule has 3 aliphatic heterocycles. The van der Waals surface area contributed by atoms with Gasteiger partial charge in [-0.2, -0.15) is 0 Å². The Balaban J connectivity index is 1.15. The molecule has 4 heterocycles. The van der Waals surface area contributed by atoms with Gasteiger partial charge in [-0.25, -0.2) is 4.79 Å². The molecule has 7 rings (SSSR count). The fourth-order valence-corrected chi connectivity index (χ4v) is 15.5. The van der Waals surface area contributed by atoms with Crippen molar-refractivity contribution in [3.8, 4) is 11.5 Å². The van der Waals surface area contributed by atoms with Crippen molar-refractivity contribution in [3.05, 3.63) is 96.2 Å². The number of nitrogens with one attached hydrogen (secondary N) is 2. The van der Waals surface area contributed by atoms with Crippen molar-refractivity contribution in [1.82, 2.24) is 15.2 Å². The lowest BCUT2D eigenvalue weighted by Gasteiger charge is -2.48. The highest BCUT2D eigenvalue weighted by Gasteiger charge is 2.64. The zero-order chi connectivity index (χ0) is 45.8. The highest BCUT2D eigenvalue weighted by molar-refractivity contribution is 6.99. The number of hydrogen-bond acceptors (Lipinski definition) is 8. The van der Waals surface area contributed by atoms with E-state index in [4.69, 9.17) is 23.1 Å². The normalized spacial score (nSPS) is 23.0. The van der Waals surface area contributed by atoms with Gasteiger partial charge < -0.3 is 38.3 Å². The summed E-state index contributed by atoms with van der Waals surface area (Å²) >= 11 is 0. The number of amides is 2. The van der Waals surface area contributed by atoms with E-state index < -0.39 is 45.2 Å². The molecule has 3 atom stereocenters. The number of methoxy groups -OCH3 is 1. The van der Waals surface area contributed by atoms with Gasteiger partial charge >= 0.3 is 5.97 Å². The second-order valence-electron chi connectivity index (χ2n) is 20.8. The molecule has 13 heteroatoms. The van der Waals surface area contributed by atoms with Crippen molar-refractivity contribution in [2.75, 3.05) is 26.9 Å². The average molecular weight is 894 g/mol. The molecule has 2 fully saturated rings. The van der Waals surface area contributed by atoms with Crippen LogP contribution < -0.4 is 25.2 Å². The van der Waals surface area contributed by atoms with Gasteiger partial charge in [-0.05, 0) is 91.3 Å². The SMILES string of the molecule is COC(=O)[C@@]1(Cc2c[nH]c3c4c(ccc23)OC(C)(C)C(O[Si](C)(C)C(C)(C)C)CO4)NC(=O)[C@]2(C/C=C(\C)CO[Si](c3ccccc3)(c3ccccc3)C(C)(C)C)CCCN2C1=O. The third-order valence-corrected chi connectivity index (χ3v) is 23.7. The molecule has 4 aromatic rings. The third kappa shape index (κ3) is 8.08. The molecule has 2 amide bonds. The minimum absolute atomic E-state index is 0.00259. The van der Waals surface area contributed by atoms with Crippen LogP contribution in [0.2, 0.25) is 23.2 Å². The van der Waals surface area contributed by atoms with Gasteiger partial charge in [0.05, 0.1) is 19.2 Å². The number of carbonyl (C=O) groups excluding carboxylic acids is 3. The number of piperazine rings is 1. The number of aromatic nitrogens is 1. The van der Waals surface area contributed by atoms with E-state index in [1.165, 1.54) is 17.5 Å². The molecule has 0 spiro atoms. The minimum Gasteiger partial charge on any atom is -0.485 e. The molecular weight excluding hydrogens is 827 g/mol. The molecule has 0 saturated carbocycles. The summed E-state index contributed by atoms with van der Waals surface area (Å²) in [5, 5.41) is 5.87. The van der Waals surface area contributed by atoms with Gasteiger partial charge in [0.2, 0.25) is 11.4 Å². The quantitative estimate of drug-likeness (QED) is 0.0635. The standard InChI is InChI=1S/C50H67N3O8Si2/c1-34(32-59-63(47(5,6)7,36-20-15-13-16-21-36)37-22-17-14-18-23-37)26-28-49-27-19-29-53(49)44(55)50(45(56)57-10,52-43(49)54)30-35-31-51-41-38(35)24-25-39-42(41)58-33-40(48(8,9)60-39)61-62(11,12)46(2,3)4/h13-18,20-26,31,40,51H,19,27-30,32-33H2,1-12H3,(H,52,54)/b34-26+/t40?,49-,50+/m1/s1. The second-order valence-corrected chi connectivity index (χ2v) is 29.9. The lowest BCUT2D eigenvalue weighted by molar-refractivity contribution is -0.171. The van der Waals surface area contributed by atoms with E-state index in [2.05, 4.69) is 113 Å². The van der Waals surface area contributed by atoms with E-state index in [-0.39, 0.29) is 41.5 Å². The molecule has 2 saturated heterocycles. The summed E-state index contributed by atoms with van der Waals surface area (Å²) in [6, 6.07) is 24.7. The van der Waals surface area contributed by atoms with E-state index in [9.17, 15) is 14.4 Å². The van der Waals surface area contributed by atoms with Gasteiger partial charge in [-0.15, -0.1) is 0 Å². The number of benzene rings is 3. The molecule has 11 nitrogen and oxygen atoms in total. The minimum atomic E-state index is -2.81. The van der Waals surface area contributed by atoms with Crippen molar-refractivity contribution in [3.63, 3.8) is 0 Å². The molecule has 338 valence electrons. The van der Waals surface area contributed by atoms with Crippen LogP contribution in [0.25, 0.3) is 10.9 Å². The summed E-state index contributed by atoms with van der Waals surface area (Å²) in [5.74, 6) is -0.574. The number of esters is 1. The van der Waals surface area contributed by atoms with Crippen LogP contribution in [0.15, 0.2) is 90.6 Å².